The SMILES string of the molecule is CC1(C)COC(c2sccc2C(=O)N(C(=O)NC2CCCCC2)C2CCCCC2)=N1. The number of hydrogen-bond acceptors (Lipinski definition) is 5. The van der Waals surface area contributed by atoms with E-state index in [-0.39, 0.29) is 29.6 Å². The number of urea groups is 1. The molecule has 4 rings (SSSR count). The van der Waals surface area contributed by atoms with Gasteiger partial charge in [0.05, 0.1) is 11.1 Å². The van der Waals surface area contributed by atoms with E-state index in [9.17, 15) is 9.59 Å². The summed E-state index contributed by atoms with van der Waals surface area (Å²) in [4.78, 5) is 33.9. The molecule has 3 amide bonds. The van der Waals surface area contributed by atoms with Crippen LogP contribution in [-0.2, 0) is 4.74 Å². The third-order valence-electron chi connectivity index (χ3n) is 6.37. The minimum atomic E-state index is -0.291. The number of rotatable bonds is 4. The van der Waals surface area contributed by atoms with Crippen LogP contribution < -0.4 is 5.32 Å². The van der Waals surface area contributed by atoms with E-state index in [4.69, 9.17) is 4.74 Å². The fourth-order valence-corrected chi connectivity index (χ4v) is 5.56. The average Bonchev–Trinajstić information content (AvgIpc) is 3.36. The van der Waals surface area contributed by atoms with Gasteiger partial charge in [0.15, 0.2) is 0 Å². The van der Waals surface area contributed by atoms with Gasteiger partial charge in [-0.2, -0.15) is 0 Å². The van der Waals surface area contributed by atoms with Crippen molar-refractivity contribution in [3.8, 4) is 0 Å². The van der Waals surface area contributed by atoms with Gasteiger partial charge in [0.2, 0.25) is 5.90 Å². The van der Waals surface area contributed by atoms with Gasteiger partial charge in [-0.25, -0.2) is 9.79 Å². The molecule has 3 aliphatic rings. The predicted octanol–water partition coefficient (Wildman–Crippen LogP) is 5.12. The van der Waals surface area contributed by atoms with Crippen molar-refractivity contribution in [2.24, 2.45) is 4.99 Å². The topological polar surface area (TPSA) is 71.0 Å². The number of aliphatic imine (C=N–C) groups is 1. The number of carbonyl (C=O) groups is 2. The van der Waals surface area contributed by atoms with Crippen molar-refractivity contribution in [3.63, 3.8) is 0 Å². The van der Waals surface area contributed by atoms with Gasteiger partial charge in [0.1, 0.15) is 11.5 Å². The summed E-state index contributed by atoms with van der Waals surface area (Å²) in [6.07, 6.45) is 10.6. The van der Waals surface area contributed by atoms with E-state index >= 15 is 0 Å². The predicted molar refractivity (Wildman–Crippen MR) is 119 cm³/mol. The molecule has 2 fully saturated rings. The van der Waals surface area contributed by atoms with Crippen LogP contribution in [0.25, 0.3) is 0 Å². The summed E-state index contributed by atoms with van der Waals surface area (Å²) in [5.74, 6) is 0.303. The summed E-state index contributed by atoms with van der Waals surface area (Å²) in [7, 11) is 0. The number of carbonyl (C=O) groups excluding carboxylic acids is 2. The molecule has 0 spiro atoms. The molecule has 0 aromatic carbocycles. The van der Waals surface area contributed by atoms with Crippen LogP contribution in [0.15, 0.2) is 16.4 Å². The van der Waals surface area contributed by atoms with E-state index in [1.165, 1.54) is 29.1 Å². The lowest BCUT2D eigenvalue weighted by molar-refractivity contribution is 0.0701. The van der Waals surface area contributed by atoms with Crippen LogP contribution >= 0.6 is 11.3 Å². The summed E-state index contributed by atoms with van der Waals surface area (Å²) in [5.41, 5.74) is 0.238. The van der Waals surface area contributed by atoms with E-state index in [0.717, 1.165) is 56.2 Å². The zero-order valence-corrected chi connectivity index (χ0v) is 18.9. The minimum absolute atomic E-state index is 0.0366. The molecule has 164 valence electrons. The van der Waals surface area contributed by atoms with Crippen LogP contribution in [0.1, 0.15) is 93.3 Å². The summed E-state index contributed by atoms with van der Waals surface area (Å²) in [6, 6.07) is 1.72. The lowest BCUT2D eigenvalue weighted by Gasteiger charge is -2.34. The number of nitrogens with zero attached hydrogens (tertiary/aromatic N) is 2. The number of hydrogen-bond donors (Lipinski definition) is 1. The zero-order chi connectivity index (χ0) is 21.1. The number of imide groups is 1. The van der Waals surface area contributed by atoms with Crippen molar-refractivity contribution in [2.45, 2.75) is 95.7 Å². The Balaban J connectivity index is 1.58. The van der Waals surface area contributed by atoms with Gasteiger partial charge in [-0.3, -0.25) is 9.69 Å². The molecule has 1 aliphatic heterocycles. The molecule has 2 saturated carbocycles. The molecule has 7 heteroatoms. The van der Waals surface area contributed by atoms with Crippen molar-refractivity contribution in [2.75, 3.05) is 6.61 Å². The second kappa shape index (κ2) is 9.08. The Hall–Kier alpha value is -1.89. The summed E-state index contributed by atoms with van der Waals surface area (Å²) < 4.78 is 5.80. The van der Waals surface area contributed by atoms with Crippen LogP contribution in [0, 0.1) is 0 Å². The molecule has 0 radical (unpaired) electrons. The van der Waals surface area contributed by atoms with Gasteiger partial charge in [0.25, 0.3) is 5.91 Å². The first kappa shape index (κ1) is 21.3. The third kappa shape index (κ3) is 4.71. The maximum absolute atomic E-state index is 13.7. The Morgan fingerprint density at radius 3 is 2.40 bits per heavy atom. The zero-order valence-electron chi connectivity index (χ0n) is 18.1. The molecule has 0 bridgehead atoms. The highest BCUT2D eigenvalue weighted by molar-refractivity contribution is 7.12. The van der Waals surface area contributed by atoms with Crippen molar-refractivity contribution < 1.29 is 14.3 Å². The largest absolute Gasteiger partial charge is 0.474 e. The molecule has 1 aromatic rings. The van der Waals surface area contributed by atoms with Crippen molar-refractivity contribution in [1.82, 2.24) is 10.2 Å². The van der Waals surface area contributed by atoms with E-state index in [1.54, 1.807) is 0 Å². The first-order chi connectivity index (χ1) is 14.4. The molecule has 0 unspecified atom stereocenters. The third-order valence-corrected chi connectivity index (χ3v) is 7.27. The Morgan fingerprint density at radius 2 is 1.77 bits per heavy atom. The standard InChI is InChI=1S/C23H33N3O3S/c1-23(2)15-29-20(25-23)19-18(13-14-30-19)21(27)26(17-11-7-4-8-12-17)22(28)24-16-9-5-3-6-10-16/h13-14,16-17H,3-12,15H2,1-2H3,(H,24,28). The fourth-order valence-electron chi connectivity index (χ4n) is 4.73. The molecule has 2 heterocycles. The van der Waals surface area contributed by atoms with Gasteiger partial charge in [-0.15, -0.1) is 11.3 Å². The smallest absolute Gasteiger partial charge is 0.324 e. The Kier molecular flexibility index (Phi) is 6.46. The number of nitrogens with one attached hydrogen (secondary N) is 1. The molecular weight excluding hydrogens is 398 g/mol. The van der Waals surface area contributed by atoms with Gasteiger partial charge in [-0.1, -0.05) is 38.5 Å². The average molecular weight is 432 g/mol. The minimum Gasteiger partial charge on any atom is -0.474 e. The first-order valence-corrected chi connectivity index (χ1v) is 12.3. The summed E-state index contributed by atoms with van der Waals surface area (Å²) in [5, 5.41) is 5.06. The number of thiophene rings is 1. The molecule has 30 heavy (non-hydrogen) atoms. The molecule has 1 N–H and O–H groups in total. The molecule has 0 atom stereocenters. The molecule has 0 saturated heterocycles. The highest BCUT2D eigenvalue weighted by Gasteiger charge is 2.36. The lowest BCUT2D eigenvalue weighted by Crippen LogP contribution is -2.53. The molecule has 1 aromatic heterocycles. The second-order valence-corrected chi connectivity index (χ2v) is 10.3. The Morgan fingerprint density at radius 1 is 1.10 bits per heavy atom. The second-order valence-electron chi connectivity index (χ2n) is 9.43. The molecule has 6 nitrogen and oxygen atoms in total. The maximum atomic E-state index is 13.7. The van der Waals surface area contributed by atoms with Crippen LogP contribution in [0.4, 0.5) is 4.79 Å². The van der Waals surface area contributed by atoms with E-state index in [2.05, 4.69) is 10.3 Å². The highest BCUT2D eigenvalue weighted by atomic mass is 32.1. The quantitative estimate of drug-likeness (QED) is 0.719. The molecule has 2 aliphatic carbocycles. The normalized spacial score (nSPS) is 22.3. The van der Waals surface area contributed by atoms with Gasteiger partial charge >= 0.3 is 6.03 Å². The van der Waals surface area contributed by atoms with Crippen LogP contribution in [0.5, 0.6) is 0 Å². The maximum Gasteiger partial charge on any atom is 0.324 e. The van der Waals surface area contributed by atoms with Crippen LogP contribution in [-0.4, -0.2) is 47.0 Å². The van der Waals surface area contributed by atoms with Crippen LogP contribution in [0.3, 0.4) is 0 Å². The fraction of sp³-hybridized carbons (Fsp3) is 0.696. The monoisotopic (exact) mass is 431 g/mol. The number of ether oxygens (including phenoxy) is 1. The van der Waals surface area contributed by atoms with Gasteiger partial charge in [-0.05, 0) is 51.0 Å². The van der Waals surface area contributed by atoms with Crippen molar-refractivity contribution >= 4 is 29.2 Å². The van der Waals surface area contributed by atoms with Gasteiger partial charge in [0, 0.05) is 12.1 Å². The van der Waals surface area contributed by atoms with E-state index < -0.39 is 0 Å². The number of amides is 3. The Labute approximate surface area is 183 Å². The van der Waals surface area contributed by atoms with Crippen LogP contribution in [0.2, 0.25) is 0 Å². The van der Waals surface area contributed by atoms with E-state index in [1.807, 2.05) is 25.3 Å². The van der Waals surface area contributed by atoms with Crippen molar-refractivity contribution in [3.05, 3.63) is 21.9 Å². The lowest BCUT2D eigenvalue weighted by atomic mass is 9.93. The van der Waals surface area contributed by atoms with Crippen molar-refractivity contribution in [1.29, 1.82) is 0 Å². The highest BCUT2D eigenvalue weighted by Crippen LogP contribution is 2.30. The van der Waals surface area contributed by atoms with E-state index in [0.29, 0.717) is 18.1 Å². The summed E-state index contributed by atoms with van der Waals surface area (Å²) in [6.45, 7) is 4.53. The summed E-state index contributed by atoms with van der Waals surface area (Å²) >= 11 is 1.45. The van der Waals surface area contributed by atoms with Gasteiger partial charge < -0.3 is 10.1 Å². The Bertz CT molecular complexity index is 804. The first-order valence-electron chi connectivity index (χ1n) is 11.4. The molecular formula is C23H33N3O3S.